The van der Waals surface area contributed by atoms with Crippen LogP contribution in [-0.2, 0) is 0 Å². The van der Waals surface area contributed by atoms with Crippen molar-refractivity contribution in [3.05, 3.63) is 52.5 Å². The third kappa shape index (κ3) is 3.18. The third-order valence-corrected chi connectivity index (χ3v) is 4.07. The van der Waals surface area contributed by atoms with Crippen molar-refractivity contribution >= 4 is 11.3 Å². The van der Waals surface area contributed by atoms with Crippen LogP contribution in [0.1, 0.15) is 42.8 Å². The molecule has 0 saturated heterocycles. The zero-order valence-electron chi connectivity index (χ0n) is 11.0. The third-order valence-electron chi connectivity index (χ3n) is 3.12. The van der Waals surface area contributed by atoms with Crippen molar-refractivity contribution in [3.63, 3.8) is 0 Å². The number of hydrogen-bond acceptors (Lipinski definition) is 3. The predicted molar refractivity (Wildman–Crippen MR) is 78.0 cm³/mol. The number of rotatable bonds is 6. The topological polar surface area (TPSA) is 24.9 Å². The average molecular weight is 260 g/mol. The van der Waals surface area contributed by atoms with Crippen molar-refractivity contribution in [2.24, 2.45) is 0 Å². The lowest BCUT2D eigenvalue weighted by Gasteiger charge is -2.24. The van der Waals surface area contributed by atoms with E-state index in [2.05, 4.69) is 53.8 Å². The van der Waals surface area contributed by atoms with Crippen LogP contribution in [0.25, 0.3) is 0 Å². The Balaban J connectivity index is 2.18. The first-order valence-corrected chi connectivity index (χ1v) is 7.38. The zero-order chi connectivity index (χ0) is 12.8. The predicted octanol–water partition coefficient (Wildman–Crippen LogP) is 3.99. The van der Waals surface area contributed by atoms with Gasteiger partial charge >= 0.3 is 0 Å². The van der Waals surface area contributed by atoms with E-state index in [1.54, 1.807) is 0 Å². The molecule has 2 unspecified atom stereocenters. The van der Waals surface area contributed by atoms with E-state index in [-0.39, 0.29) is 0 Å². The number of nitrogens with one attached hydrogen (secondary N) is 1. The van der Waals surface area contributed by atoms with Crippen LogP contribution in [0, 0.1) is 0 Å². The second-order valence-corrected chi connectivity index (χ2v) is 5.47. The lowest BCUT2D eigenvalue weighted by atomic mass is 9.96. The molecule has 2 nitrogen and oxygen atoms in total. The fourth-order valence-electron chi connectivity index (χ4n) is 2.11. The molecule has 0 fully saturated rings. The van der Waals surface area contributed by atoms with Gasteiger partial charge in [0.2, 0.25) is 0 Å². The molecule has 2 rings (SSSR count). The zero-order valence-corrected chi connectivity index (χ0v) is 11.8. The van der Waals surface area contributed by atoms with Gasteiger partial charge in [-0.3, -0.25) is 4.98 Å². The molecule has 2 heterocycles. The van der Waals surface area contributed by atoms with Crippen molar-refractivity contribution in [1.29, 1.82) is 0 Å². The molecular weight excluding hydrogens is 240 g/mol. The molecule has 2 aromatic heterocycles. The van der Waals surface area contributed by atoms with E-state index in [9.17, 15) is 0 Å². The lowest BCUT2D eigenvalue weighted by Crippen LogP contribution is -2.26. The molecule has 2 aromatic rings. The minimum Gasteiger partial charge on any atom is -0.309 e. The molecule has 0 amide bonds. The molecule has 1 N–H and O–H groups in total. The van der Waals surface area contributed by atoms with Gasteiger partial charge in [0.15, 0.2) is 0 Å². The van der Waals surface area contributed by atoms with E-state index in [4.69, 9.17) is 0 Å². The van der Waals surface area contributed by atoms with Gasteiger partial charge in [0.05, 0.1) is 0 Å². The van der Waals surface area contributed by atoms with Gasteiger partial charge in [-0.05, 0) is 36.5 Å². The molecule has 18 heavy (non-hydrogen) atoms. The Morgan fingerprint density at radius 2 is 2.17 bits per heavy atom. The standard InChI is InChI=1S/C15H20N2S/c1-3-9-17-15(14-8-6-11-18-14)12(2)13-7-4-5-10-16-13/h4-8,10-12,15,17H,3,9H2,1-2H3. The summed E-state index contributed by atoms with van der Waals surface area (Å²) >= 11 is 1.81. The highest BCUT2D eigenvalue weighted by Gasteiger charge is 2.21. The largest absolute Gasteiger partial charge is 0.309 e. The van der Waals surface area contributed by atoms with Crippen LogP contribution in [-0.4, -0.2) is 11.5 Å². The summed E-state index contributed by atoms with van der Waals surface area (Å²) in [6, 6.07) is 10.8. The van der Waals surface area contributed by atoms with Gasteiger partial charge in [-0.1, -0.05) is 26.0 Å². The maximum absolute atomic E-state index is 4.48. The van der Waals surface area contributed by atoms with E-state index in [0.29, 0.717) is 12.0 Å². The maximum Gasteiger partial charge on any atom is 0.0496 e. The minimum atomic E-state index is 0.361. The second-order valence-electron chi connectivity index (χ2n) is 4.49. The highest BCUT2D eigenvalue weighted by atomic mass is 32.1. The van der Waals surface area contributed by atoms with E-state index in [1.165, 1.54) is 4.88 Å². The first kappa shape index (κ1) is 13.2. The molecule has 0 spiro atoms. The summed E-state index contributed by atoms with van der Waals surface area (Å²) in [6.45, 7) is 5.49. The van der Waals surface area contributed by atoms with Crippen LogP contribution in [0.5, 0.6) is 0 Å². The van der Waals surface area contributed by atoms with Crippen LogP contribution >= 0.6 is 11.3 Å². The summed E-state index contributed by atoms with van der Waals surface area (Å²) in [5, 5.41) is 5.78. The van der Waals surface area contributed by atoms with E-state index in [1.807, 2.05) is 23.6 Å². The number of aromatic nitrogens is 1. The molecule has 2 atom stereocenters. The first-order valence-electron chi connectivity index (χ1n) is 6.50. The van der Waals surface area contributed by atoms with Gasteiger partial charge in [-0.15, -0.1) is 11.3 Å². The van der Waals surface area contributed by atoms with Gasteiger partial charge in [-0.2, -0.15) is 0 Å². The number of nitrogens with zero attached hydrogens (tertiary/aromatic N) is 1. The maximum atomic E-state index is 4.48. The Labute approximate surface area is 113 Å². The normalized spacial score (nSPS) is 14.3. The Morgan fingerprint density at radius 3 is 2.78 bits per heavy atom. The van der Waals surface area contributed by atoms with Crippen molar-refractivity contribution in [3.8, 4) is 0 Å². The SMILES string of the molecule is CCCNC(c1cccs1)C(C)c1ccccn1. The van der Waals surface area contributed by atoms with Crippen LogP contribution in [0.15, 0.2) is 41.9 Å². The Morgan fingerprint density at radius 1 is 1.28 bits per heavy atom. The molecular formula is C15H20N2S. The fourth-order valence-corrected chi connectivity index (χ4v) is 3.01. The molecule has 0 radical (unpaired) electrons. The summed E-state index contributed by atoms with van der Waals surface area (Å²) in [4.78, 5) is 5.87. The monoisotopic (exact) mass is 260 g/mol. The van der Waals surface area contributed by atoms with Crippen LogP contribution in [0.3, 0.4) is 0 Å². The molecule has 96 valence electrons. The van der Waals surface area contributed by atoms with Gasteiger partial charge in [0.25, 0.3) is 0 Å². The Kier molecular flexibility index (Phi) is 4.90. The highest BCUT2D eigenvalue weighted by molar-refractivity contribution is 7.10. The summed E-state index contributed by atoms with van der Waals surface area (Å²) in [6.07, 6.45) is 3.02. The van der Waals surface area contributed by atoms with Gasteiger partial charge in [-0.25, -0.2) is 0 Å². The molecule has 0 aliphatic carbocycles. The van der Waals surface area contributed by atoms with E-state index in [0.717, 1.165) is 18.7 Å². The summed E-state index contributed by atoms with van der Waals surface area (Å²) in [5.41, 5.74) is 1.15. The van der Waals surface area contributed by atoms with Gasteiger partial charge < -0.3 is 5.32 Å². The Bertz CT molecular complexity index is 439. The highest BCUT2D eigenvalue weighted by Crippen LogP contribution is 2.31. The second kappa shape index (κ2) is 6.66. The number of thiophene rings is 1. The molecule has 0 aromatic carbocycles. The van der Waals surface area contributed by atoms with E-state index >= 15 is 0 Å². The molecule has 0 aliphatic heterocycles. The van der Waals surface area contributed by atoms with E-state index < -0.39 is 0 Å². The molecule has 0 saturated carbocycles. The molecule has 0 aliphatic rings. The summed E-state index contributed by atoms with van der Waals surface area (Å²) in [5.74, 6) is 0.386. The quantitative estimate of drug-likeness (QED) is 0.849. The average Bonchev–Trinajstić information content (AvgIpc) is 2.94. The van der Waals surface area contributed by atoms with Crippen LogP contribution < -0.4 is 5.32 Å². The Hall–Kier alpha value is -1.19. The molecule has 0 bridgehead atoms. The van der Waals surface area contributed by atoms with Crippen LogP contribution in [0.2, 0.25) is 0 Å². The van der Waals surface area contributed by atoms with Crippen molar-refractivity contribution < 1.29 is 0 Å². The fraction of sp³-hybridized carbons (Fsp3) is 0.400. The summed E-state index contributed by atoms with van der Waals surface area (Å²) < 4.78 is 0. The van der Waals surface area contributed by atoms with Gasteiger partial charge in [0.1, 0.15) is 0 Å². The molecule has 3 heteroatoms. The van der Waals surface area contributed by atoms with Crippen molar-refractivity contribution in [2.75, 3.05) is 6.54 Å². The van der Waals surface area contributed by atoms with Gasteiger partial charge in [0, 0.05) is 28.7 Å². The van der Waals surface area contributed by atoms with Crippen molar-refractivity contribution in [2.45, 2.75) is 32.2 Å². The minimum absolute atomic E-state index is 0.361. The number of hydrogen-bond donors (Lipinski definition) is 1. The van der Waals surface area contributed by atoms with Crippen LogP contribution in [0.4, 0.5) is 0 Å². The summed E-state index contributed by atoms with van der Waals surface area (Å²) in [7, 11) is 0. The van der Waals surface area contributed by atoms with Crippen molar-refractivity contribution in [1.82, 2.24) is 10.3 Å². The lowest BCUT2D eigenvalue weighted by molar-refractivity contribution is 0.466. The number of pyridine rings is 1. The smallest absolute Gasteiger partial charge is 0.0496 e. The first-order chi connectivity index (χ1) is 8.83.